The van der Waals surface area contributed by atoms with Crippen LogP contribution in [0.1, 0.15) is 43.7 Å². The van der Waals surface area contributed by atoms with Gasteiger partial charge in [-0.1, -0.05) is 32.9 Å². The van der Waals surface area contributed by atoms with Crippen molar-refractivity contribution in [2.45, 2.75) is 33.1 Å². The van der Waals surface area contributed by atoms with E-state index in [1.54, 1.807) is 12.3 Å². The topological polar surface area (TPSA) is 76.1 Å². The van der Waals surface area contributed by atoms with Gasteiger partial charge in [0, 0.05) is 17.6 Å². The van der Waals surface area contributed by atoms with Gasteiger partial charge in [0.2, 0.25) is 5.95 Å². The summed E-state index contributed by atoms with van der Waals surface area (Å²) in [7, 11) is 0. The predicted molar refractivity (Wildman–Crippen MR) is 116 cm³/mol. The molecule has 0 aliphatic carbocycles. The van der Waals surface area contributed by atoms with E-state index in [1.807, 2.05) is 55.5 Å². The van der Waals surface area contributed by atoms with E-state index in [9.17, 15) is 4.79 Å². The lowest BCUT2D eigenvalue weighted by Crippen LogP contribution is -2.15. The molecule has 0 aliphatic heterocycles. The molecule has 1 amide bonds. The lowest BCUT2D eigenvalue weighted by molar-refractivity contribution is 0.102. The van der Waals surface area contributed by atoms with Gasteiger partial charge in [0.1, 0.15) is 11.4 Å². The quantitative estimate of drug-likeness (QED) is 0.607. The third kappa shape index (κ3) is 5.54. The maximum absolute atomic E-state index is 12.6. The van der Waals surface area contributed by atoms with Gasteiger partial charge in [-0.2, -0.15) is 0 Å². The van der Waals surface area contributed by atoms with E-state index >= 15 is 0 Å². The highest BCUT2D eigenvalue weighted by atomic mass is 16.5. The standard InChI is InChI=1S/C23H26N4O2/c1-5-29-19-12-10-18(11-13-19)26-22-24-15-14-20(27-22)21(28)25-17-8-6-16(7-9-17)23(2,3)4/h6-15H,5H2,1-4H3,(H,25,28)(H,24,26,27). The average Bonchev–Trinajstić information content (AvgIpc) is 2.70. The molecule has 2 aromatic carbocycles. The molecule has 0 saturated carbocycles. The lowest BCUT2D eigenvalue weighted by Gasteiger charge is -2.19. The molecule has 6 heteroatoms. The normalized spacial score (nSPS) is 11.0. The van der Waals surface area contributed by atoms with Gasteiger partial charge in [-0.15, -0.1) is 0 Å². The van der Waals surface area contributed by atoms with Crippen molar-refractivity contribution in [1.82, 2.24) is 9.97 Å². The minimum absolute atomic E-state index is 0.0661. The molecule has 3 aromatic rings. The average molecular weight is 390 g/mol. The minimum Gasteiger partial charge on any atom is -0.494 e. The van der Waals surface area contributed by atoms with Gasteiger partial charge in [0.05, 0.1) is 6.61 Å². The number of aromatic nitrogens is 2. The molecule has 0 fully saturated rings. The smallest absolute Gasteiger partial charge is 0.274 e. The molecule has 0 atom stereocenters. The Hall–Kier alpha value is -3.41. The largest absolute Gasteiger partial charge is 0.494 e. The third-order valence-electron chi connectivity index (χ3n) is 4.32. The molecule has 6 nitrogen and oxygen atoms in total. The van der Waals surface area contributed by atoms with Crippen molar-refractivity contribution < 1.29 is 9.53 Å². The molecule has 0 spiro atoms. The molecule has 3 rings (SSSR count). The number of carbonyl (C=O) groups is 1. The molecule has 0 radical (unpaired) electrons. The summed E-state index contributed by atoms with van der Waals surface area (Å²) in [5.41, 5.74) is 3.09. The SMILES string of the molecule is CCOc1ccc(Nc2nccc(C(=O)Nc3ccc(C(C)(C)C)cc3)n2)cc1. The number of benzene rings is 2. The zero-order valence-electron chi connectivity index (χ0n) is 17.2. The number of hydrogen-bond donors (Lipinski definition) is 2. The number of hydrogen-bond acceptors (Lipinski definition) is 5. The monoisotopic (exact) mass is 390 g/mol. The number of ether oxygens (including phenoxy) is 1. The number of carbonyl (C=O) groups excluding carboxylic acids is 1. The lowest BCUT2D eigenvalue weighted by atomic mass is 9.87. The van der Waals surface area contributed by atoms with Crippen LogP contribution in [0.3, 0.4) is 0 Å². The Balaban J connectivity index is 1.67. The summed E-state index contributed by atoms with van der Waals surface area (Å²) in [5, 5.41) is 5.97. The minimum atomic E-state index is -0.286. The molecular weight excluding hydrogens is 364 g/mol. The zero-order valence-corrected chi connectivity index (χ0v) is 17.2. The van der Waals surface area contributed by atoms with Crippen molar-refractivity contribution in [3.63, 3.8) is 0 Å². The van der Waals surface area contributed by atoms with E-state index in [1.165, 1.54) is 5.56 Å². The first kappa shape index (κ1) is 20.3. The van der Waals surface area contributed by atoms with Crippen LogP contribution >= 0.6 is 0 Å². The van der Waals surface area contributed by atoms with Crippen LogP contribution in [0.5, 0.6) is 5.75 Å². The summed E-state index contributed by atoms with van der Waals surface area (Å²) in [6.45, 7) is 9.02. The Labute approximate surface area is 171 Å². The fourth-order valence-electron chi connectivity index (χ4n) is 2.72. The Morgan fingerprint density at radius 1 is 0.966 bits per heavy atom. The number of anilines is 3. The summed E-state index contributed by atoms with van der Waals surface area (Å²) in [6, 6.07) is 16.9. The van der Waals surface area contributed by atoms with E-state index in [4.69, 9.17) is 4.74 Å². The van der Waals surface area contributed by atoms with Gasteiger partial charge in [0.25, 0.3) is 5.91 Å². The van der Waals surface area contributed by atoms with Gasteiger partial charge in [-0.05, 0) is 60.4 Å². The zero-order chi connectivity index (χ0) is 20.9. The van der Waals surface area contributed by atoms with Crippen LogP contribution in [-0.2, 0) is 5.41 Å². The van der Waals surface area contributed by atoms with Gasteiger partial charge in [0.15, 0.2) is 0 Å². The Bertz CT molecular complexity index is 961. The second-order valence-electron chi connectivity index (χ2n) is 7.63. The Kier molecular flexibility index (Phi) is 6.12. The molecule has 0 bridgehead atoms. The van der Waals surface area contributed by atoms with Gasteiger partial charge >= 0.3 is 0 Å². The van der Waals surface area contributed by atoms with E-state index in [0.717, 1.165) is 17.1 Å². The summed E-state index contributed by atoms with van der Waals surface area (Å²) < 4.78 is 5.43. The molecule has 2 N–H and O–H groups in total. The van der Waals surface area contributed by atoms with Gasteiger partial charge in [-0.25, -0.2) is 9.97 Å². The number of amides is 1. The van der Waals surface area contributed by atoms with E-state index in [-0.39, 0.29) is 17.0 Å². The van der Waals surface area contributed by atoms with Gasteiger partial charge in [-0.3, -0.25) is 4.79 Å². The van der Waals surface area contributed by atoms with Crippen molar-refractivity contribution in [3.05, 3.63) is 72.1 Å². The van der Waals surface area contributed by atoms with Crippen molar-refractivity contribution in [2.75, 3.05) is 17.2 Å². The van der Waals surface area contributed by atoms with Gasteiger partial charge < -0.3 is 15.4 Å². The highest BCUT2D eigenvalue weighted by molar-refractivity contribution is 6.03. The summed E-state index contributed by atoms with van der Waals surface area (Å²) in [5.74, 6) is 0.861. The van der Waals surface area contributed by atoms with Crippen LogP contribution in [-0.4, -0.2) is 22.5 Å². The van der Waals surface area contributed by atoms with E-state index in [0.29, 0.717) is 12.6 Å². The third-order valence-corrected chi connectivity index (χ3v) is 4.32. The Morgan fingerprint density at radius 2 is 1.62 bits per heavy atom. The molecule has 0 aliphatic rings. The fraction of sp³-hybridized carbons (Fsp3) is 0.261. The van der Waals surface area contributed by atoms with Crippen LogP contribution in [0.2, 0.25) is 0 Å². The highest BCUT2D eigenvalue weighted by Gasteiger charge is 2.14. The van der Waals surface area contributed by atoms with Crippen LogP contribution in [0.25, 0.3) is 0 Å². The fourth-order valence-corrected chi connectivity index (χ4v) is 2.72. The number of rotatable bonds is 6. The number of nitrogens with one attached hydrogen (secondary N) is 2. The molecule has 29 heavy (non-hydrogen) atoms. The maximum Gasteiger partial charge on any atom is 0.274 e. The molecule has 1 aromatic heterocycles. The second kappa shape index (κ2) is 8.73. The first-order chi connectivity index (χ1) is 13.8. The summed E-state index contributed by atoms with van der Waals surface area (Å²) in [6.07, 6.45) is 1.56. The van der Waals surface area contributed by atoms with Crippen molar-refractivity contribution in [2.24, 2.45) is 0 Å². The first-order valence-electron chi connectivity index (χ1n) is 9.60. The molecule has 1 heterocycles. The van der Waals surface area contributed by atoms with Crippen LogP contribution < -0.4 is 15.4 Å². The summed E-state index contributed by atoms with van der Waals surface area (Å²) >= 11 is 0. The second-order valence-corrected chi connectivity index (χ2v) is 7.63. The predicted octanol–water partition coefficient (Wildman–Crippen LogP) is 5.17. The van der Waals surface area contributed by atoms with E-state index in [2.05, 4.69) is 41.4 Å². The Morgan fingerprint density at radius 3 is 2.24 bits per heavy atom. The summed E-state index contributed by atoms with van der Waals surface area (Å²) in [4.78, 5) is 21.1. The van der Waals surface area contributed by atoms with Crippen LogP contribution in [0.4, 0.5) is 17.3 Å². The van der Waals surface area contributed by atoms with Crippen molar-refractivity contribution >= 4 is 23.2 Å². The maximum atomic E-state index is 12.6. The molecule has 0 saturated heterocycles. The van der Waals surface area contributed by atoms with Crippen LogP contribution in [0, 0.1) is 0 Å². The highest BCUT2D eigenvalue weighted by Crippen LogP contribution is 2.24. The first-order valence-corrected chi connectivity index (χ1v) is 9.60. The molecule has 0 unspecified atom stereocenters. The molecular formula is C23H26N4O2. The molecule has 150 valence electrons. The van der Waals surface area contributed by atoms with Crippen molar-refractivity contribution in [1.29, 1.82) is 0 Å². The number of nitrogens with zero attached hydrogens (tertiary/aromatic N) is 2. The van der Waals surface area contributed by atoms with Crippen molar-refractivity contribution in [3.8, 4) is 5.75 Å². The van der Waals surface area contributed by atoms with E-state index < -0.39 is 0 Å². The van der Waals surface area contributed by atoms with Crippen LogP contribution in [0.15, 0.2) is 60.8 Å².